The fourth-order valence-corrected chi connectivity index (χ4v) is 8.12. The Bertz CT molecular complexity index is 930. The van der Waals surface area contributed by atoms with Crippen LogP contribution in [0.15, 0.2) is 6.07 Å². The summed E-state index contributed by atoms with van der Waals surface area (Å²) in [4.78, 5) is 31.0. The van der Waals surface area contributed by atoms with E-state index in [2.05, 4.69) is 13.0 Å². The molecular formula is C29H43NO6S. The van der Waals surface area contributed by atoms with Crippen LogP contribution in [0, 0.1) is 11.8 Å². The van der Waals surface area contributed by atoms with Gasteiger partial charge in [-0.25, -0.2) is 4.79 Å². The maximum absolute atomic E-state index is 14.2. The Kier molecular flexibility index (Phi) is 8.59. The zero-order valence-electron chi connectivity index (χ0n) is 22.7. The van der Waals surface area contributed by atoms with Gasteiger partial charge in [0.15, 0.2) is 5.79 Å². The molecule has 0 aromatic carbocycles. The number of rotatable bonds is 6. The van der Waals surface area contributed by atoms with E-state index in [1.54, 1.807) is 7.11 Å². The number of esters is 1. The number of ether oxygens (including phenoxy) is 4. The van der Waals surface area contributed by atoms with E-state index in [1.807, 2.05) is 4.90 Å². The molecule has 3 saturated carbocycles. The lowest BCUT2D eigenvalue weighted by Gasteiger charge is -2.39. The van der Waals surface area contributed by atoms with Gasteiger partial charge in [0.25, 0.3) is 0 Å². The molecule has 8 heteroatoms. The zero-order chi connectivity index (χ0) is 26.0. The SMILES string of the molecule is COC(=O)c1sc(C2CCC3(CC2)OCCO3)cc1N(C(=O)C1CCC(C)CC1)C1CCC(OC)CC1. The van der Waals surface area contributed by atoms with Gasteiger partial charge in [-0.2, -0.15) is 0 Å². The molecule has 0 radical (unpaired) electrons. The molecule has 1 aromatic rings. The summed E-state index contributed by atoms with van der Waals surface area (Å²) in [6.07, 6.45) is 11.6. The fourth-order valence-electron chi connectivity index (χ4n) is 6.89. The van der Waals surface area contributed by atoms with Gasteiger partial charge in [-0.3, -0.25) is 4.79 Å². The first kappa shape index (κ1) is 27.1. The molecule has 0 N–H and O–H groups in total. The molecule has 1 amide bonds. The maximum Gasteiger partial charge on any atom is 0.350 e. The molecule has 5 rings (SSSR count). The lowest BCUT2D eigenvalue weighted by molar-refractivity contribution is -0.178. The highest BCUT2D eigenvalue weighted by molar-refractivity contribution is 7.14. The monoisotopic (exact) mass is 533 g/mol. The van der Waals surface area contributed by atoms with E-state index in [9.17, 15) is 9.59 Å². The van der Waals surface area contributed by atoms with E-state index >= 15 is 0 Å². The summed E-state index contributed by atoms with van der Waals surface area (Å²) in [6, 6.07) is 2.22. The van der Waals surface area contributed by atoms with Gasteiger partial charge < -0.3 is 23.8 Å². The topological polar surface area (TPSA) is 74.3 Å². The van der Waals surface area contributed by atoms with Crippen LogP contribution in [0.3, 0.4) is 0 Å². The van der Waals surface area contributed by atoms with Crippen LogP contribution in [0.4, 0.5) is 5.69 Å². The zero-order valence-corrected chi connectivity index (χ0v) is 23.5. The molecular weight excluding hydrogens is 490 g/mol. The third-order valence-corrected chi connectivity index (χ3v) is 10.5. The van der Waals surface area contributed by atoms with Crippen LogP contribution in [-0.2, 0) is 23.7 Å². The van der Waals surface area contributed by atoms with Crippen LogP contribution in [0.1, 0.15) is 104 Å². The number of carbonyl (C=O) groups excluding carboxylic acids is 2. The minimum atomic E-state index is -0.415. The van der Waals surface area contributed by atoms with Crippen molar-refractivity contribution in [3.8, 4) is 0 Å². The Hall–Kier alpha value is -1.48. The van der Waals surface area contributed by atoms with Crippen molar-refractivity contribution < 1.29 is 28.5 Å². The first-order chi connectivity index (χ1) is 17.9. The maximum atomic E-state index is 14.2. The van der Waals surface area contributed by atoms with Crippen LogP contribution in [-0.4, -0.2) is 57.2 Å². The molecule has 0 unspecified atom stereocenters. The van der Waals surface area contributed by atoms with Crippen molar-refractivity contribution in [1.29, 1.82) is 0 Å². The van der Waals surface area contributed by atoms with Gasteiger partial charge in [0.1, 0.15) is 4.88 Å². The molecule has 1 spiro atoms. The van der Waals surface area contributed by atoms with E-state index in [0.717, 1.165) is 82.7 Å². The van der Waals surface area contributed by atoms with Crippen LogP contribution in [0.2, 0.25) is 0 Å². The number of thiophene rings is 1. The molecule has 0 atom stereocenters. The summed E-state index contributed by atoms with van der Waals surface area (Å²) >= 11 is 1.52. The lowest BCUT2D eigenvalue weighted by Crippen LogP contribution is -2.47. The van der Waals surface area contributed by atoms with Crippen molar-refractivity contribution in [2.24, 2.45) is 11.8 Å². The molecule has 3 aliphatic carbocycles. The third-order valence-electron chi connectivity index (χ3n) is 9.27. The Balaban J connectivity index is 1.44. The smallest absolute Gasteiger partial charge is 0.350 e. The Morgan fingerprint density at radius 2 is 1.59 bits per heavy atom. The number of hydrogen-bond donors (Lipinski definition) is 0. The Labute approximate surface area is 225 Å². The summed E-state index contributed by atoms with van der Waals surface area (Å²) < 4.78 is 22.7. The van der Waals surface area contributed by atoms with E-state index in [1.165, 1.54) is 23.3 Å². The lowest BCUT2D eigenvalue weighted by atomic mass is 9.81. The van der Waals surface area contributed by atoms with Crippen molar-refractivity contribution in [1.82, 2.24) is 0 Å². The molecule has 1 aliphatic heterocycles. The van der Waals surface area contributed by atoms with Crippen molar-refractivity contribution >= 4 is 28.9 Å². The summed E-state index contributed by atoms with van der Waals surface area (Å²) in [5, 5.41) is 0. The second kappa shape index (κ2) is 11.7. The van der Waals surface area contributed by atoms with Crippen LogP contribution < -0.4 is 4.90 Å². The number of hydrogen-bond acceptors (Lipinski definition) is 7. The standard InChI is InChI=1S/C29H43NO6S/c1-19-4-6-21(7-5-19)27(31)30(22-8-10-23(33-2)11-9-22)24-18-25(37-26(24)28(32)34-3)20-12-14-29(15-13-20)35-16-17-36-29/h18-23H,4-17H2,1-3H3. The second-order valence-electron chi connectivity index (χ2n) is 11.6. The van der Waals surface area contributed by atoms with Crippen molar-refractivity contribution in [3.05, 3.63) is 15.8 Å². The van der Waals surface area contributed by atoms with Crippen molar-refractivity contribution in [3.63, 3.8) is 0 Å². The van der Waals surface area contributed by atoms with Gasteiger partial charge in [0.2, 0.25) is 5.91 Å². The van der Waals surface area contributed by atoms with Gasteiger partial charge in [0, 0.05) is 36.8 Å². The average Bonchev–Trinajstić information content (AvgIpc) is 3.57. The third kappa shape index (κ3) is 5.77. The number of carbonyl (C=O) groups is 2. The quantitative estimate of drug-likeness (QED) is 0.414. The predicted octanol–water partition coefficient (Wildman–Crippen LogP) is 6.05. The number of methoxy groups -OCH3 is 2. The molecule has 7 nitrogen and oxygen atoms in total. The molecule has 4 aliphatic rings. The van der Waals surface area contributed by atoms with Gasteiger partial charge >= 0.3 is 5.97 Å². The number of nitrogens with zero attached hydrogens (tertiary/aromatic N) is 1. The fraction of sp³-hybridized carbons (Fsp3) is 0.793. The minimum Gasteiger partial charge on any atom is -0.465 e. The molecule has 1 aromatic heterocycles. The van der Waals surface area contributed by atoms with Crippen LogP contribution in [0.25, 0.3) is 0 Å². The normalized spacial score (nSPS) is 30.4. The Morgan fingerprint density at radius 1 is 0.946 bits per heavy atom. The molecule has 2 heterocycles. The largest absolute Gasteiger partial charge is 0.465 e. The van der Waals surface area contributed by atoms with E-state index in [0.29, 0.717) is 29.9 Å². The first-order valence-electron chi connectivity index (χ1n) is 14.3. The summed E-state index contributed by atoms with van der Waals surface area (Å²) in [5.41, 5.74) is 0.769. The van der Waals surface area contributed by atoms with Crippen LogP contribution >= 0.6 is 11.3 Å². The summed E-state index contributed by atoms with van der Waals surface area (Å²) in [7, 11) is 3.21. The first-order valence-corrected chi connectivity index (χ1v) is 15.1. The highest BCUT2D eigenvalue weighted by Gasteiger charge is 2.42. The molecule has 4 fully saturated rings. The second-order valence-corrected chi connectivity index (χ2v) is 12.7. The Morgan fingerprint density at radius 3 is 2.19 bits per heavy atom. The minimum absolute atomic E-state index is 0.0244. The van der Waals surface area contributed by atoms with Gasteiger partial charge in [-0.05, 0) is 82.1 Å². The molecule has 0 bridgehead atoms. The number of anilines is 1. The molecule has 1 saturated heterocycles. The summed E-state index contributed by atoms with van der Waals surface area (Å²) in [6.45, 7) is 3.62. The van der Waals surface area contributed by atoms with E-state index in [-0.39, 0.29) is 29.9 Å². The van der Waals surface area contributed by atoms with Crippen molar-refractivity contribution in [2.45, 2.75) is 108 Å². The van der Waals surface area contributed by atoms with Gasteiger partial charge in [-0.1, -0.05) is 6.92 Å². The molecule has 37 heavy (non-hydrogen) atoms. The van der Waals surface area contributed by atoms with E-state index in [4.69, 9.17) is 18.9 Å². The molecule has 206 valence electrons. The highest BCUT2D eigenvalue weighted by atomic mass is 32.1. The highest BCUT2D eigenvalue weighted by Crippen LogP contribution is 2.47. The predicted molar refractivity (Wildman–Crippen MR) is 143 cm³/mol. The summed E-state index contributed by atoms with van der Waals surface area (Å²) in [5.74, 6) is 0.463. The van der Waals surface area contributed by atoms with Gasteiger partial charge in [-0.15, -0.1) is 11.3 Å². The van der Waals surface area contributed by atoms with E-state index < -0.39 is 5.79 Å². The van der Waals surface area contributed by atoms with Crippen molar-refractivity contribution in [2.75, 3.05) is 32.3 Å². The number of amides is 1. The van der Waals surface area contributed by atoms with Crippen LogP contribution in [0.5, 0.6) is 0 Å². The average molecular weight is 534 g/mol. The van der Waals surface area contributed by atoms with Gasteiger partial charge in [0.05, 0.1) is 32.1 Å².